The summed E-state index contributed by atoms with van der Waals surface area (Å²) in [5, 5.41) is 6.13. The summed E-state index contributed by atoms with van der Waals surface area (Å²) in [6.45, 7) is 3.79. The van der Waals surface area contributed by atoms with Gasteiger partial charge in [-0.15, -0.1) is 0 Å². The van der Waals surface area contributed by atoms with Crippen LogP contribution in [-0.4, -0.2) is 58.1 Å². The summed E-state index contributed by atoms with van der Waals surface area (Å²) in [4.78, 5) is 37.3. The highest BCUT2D eigenvalue weighted by atomic mass is 19.2. The first-order valence-electron chi connectivity index (χ1n) is 13.4. The van der Waals surface area contributed by atoms with Crippen LogP contribution in [0, 0.1) is 23.5 Å². The van der Waals surface area contributed by atoms with Crippen LogP contribution in [-0.2, 0) is 0 Å². The number of hydrogen-bond acceptors (Lipinski definition) is 6. The van der Waals surface area contributed by atoms with Crippen molar-refractivity contribution in [1.29, 1.82) is 0 Å². The lowest BCUT2D eigenvalue weighted by molar-refractivity contribution is 0.0956. The molecule has 0 spiro atoms. The Kier molecular flexibility index (Phi) is 8.36. The fraction of sp³-hybridized carbons (Fsp3) is 0.290. The van der Waals surface area contributed by atoms with Crippen LogP contribution in [0.25, 0.3) is 11.0 Å². The van der Waals surface area contributed by atoms with Crippen LogP contribution in [0.3, 0.4) is 0 Å². The van der Waals surface area contributed by atoms with Gasteiger partial charge in [0.2, 0.25) is 0 Å². The second-order valence-corrected chi connectivity index (χ2v) is 10.1. The average molecular weight is 557 g/mol. The van der Waals surface area contributed by atoms with Crippen molar-refractivity contribution in [3.63, 3.8) is 0 Å². The number of nitrogens with one attached hydrogen (secondary N) is 2. The summed E-state index contributed by atoms with van der Waals surface area (Å²) in [5.74, 6) is 4.11. The predicted molar refractivity (Wildman–Crippen MR) is 154 cm³/mol. The quantitative estimate of drug-likeness (QED) is 0.350. The molecule has 3 heterocycles. The van der Waals surface area contributed by atoms with Gasteiger partial charge in [-0.2, -0.15) is 0 Å². The van der Waals surface area contributed by atoms with Crippen molar-refractivity contribution in [3.8, 4) is 11.8 Å². The number of hydrogen-bond donors (Lipinski definition) is 2. The average Bonchev–Trinajstić information content (AvgIpc) is 2.97. The summed E-state index contributed by atoms with van der Waals surface area (Å²) in [6.07, 6.45) is 5.36. The molecule has 2 N–H and O–H groups in total. The van der Waals surface area contributed by atoms with Gasteiger partial charge in [0.25, 0.3) is 11.5 Å². The third-order valence-corrected chi connectivity index (χ3v) is 7.25. The van der Waals surface area contributed by atoms with E-state index < -0.39 is 29.1 Å². The van der Waals surface area contributed by atoms with Crippen molar-refractivity contribution in [2.24, 2.45) is 0 Å². The Balaban J connectivity index is 1.23. The van der Waals surface area contributed by atoms with E-state index in [4.69, 9.17) is 4.98 Å². The molecule has 5 rings (SSSR count). The largest absolute Gasteiger partial charge is 0.366 e. The van der Waals surface area contributed by atoms with Gasteiger partial charge in [-0.3, -0.25) is 14.6 Å². The molecule has 4 aromatic rings. The van der Waals surface area contributed by atoms with Gasteiger partial charge in [0.1, 0.15) is 11.4 Å². The summed E-state index contributed by atoms with van der Waals surface area (Å²) >= 11 is 0. The van der Waals surface area contributed by atoms with Crippen molar-refractivity contribution in [1.82, 2.24) is 24.8 Å². The number of carbonyl (C=O) groups excluding carboxylic acids is 1. The first-order valence-corrected chi connectivity index (χ1v) is 13.4. The standard InChI is InChI=1S/C31H30F2N6O2/c1-20(22-8-9-25(32)26(33)18-22)39-14-4-6-24(31(39)41)30(40)34-13-3-5-21-7-10-27-28(17-21)37-29(19-35-27)36-23-11-15-38(2)16-12-23/h4,6-10,14,17-20,23H,11-13,15-16H2,1-2H3,(H,34,40)(H,36,37)/t20-/m1/s1. The van der Waals surface area contributed by atoms with E-state index in [9.17, 15) is 18.4 Å². The van der Waals surface area contributed by atoms with Crippen molar-refractivity contribution in [2.45, 2.75) is 31.8 Å². The molecule has 2 aromatic heterocycles. The highest BCUT2D eigenvalue weighted by molar-refractivity contribution is 5.94. The summed E-state index contributed by atoms with van der Waals surface area (Å²) in [7, 11) is 2.13. The fourth-order valence-corrected chi connectivity index (χ4v) is 4.81. The molecule has 0 saturated carbocycles. The van der Waals surface area contributed by atoms with E-state index in [1.54, 1.807) is 19.2 Å². The third kappa shape index (κ3) is 6.58. The number of likely N-dealkylation sites (tertiary alicyclic amines) is 1. The SMILES string of the molecule is C[C@H](c1ccc(F)c(F)c1)n1cccc(C(=O)NCC#Cc2ccc3ncc(NC4CCN(C)CC4)nc3c2)c1=O. The van der Waals surface area contributed by atoms with E-state index >= 15 is 0 Å². The molecule has 0 radical (unpaired) electrons. The van der Waals surface area contributed by atoms with Crippen LogP contribution in [0.1, 0.15) is 47.3 Å². The van der Waals surface area contributed by atoms with Crippen LogP contribution < -0.4 is 16.2 Å². The lowest BCUT2D eigenvalue weighted by Crippen LogP contribution is -2.36. The maximum absolute atomic E-state index is 13.7. The van der Waals surface area contributed by atoms with Crippen LogP contribution in [0.4, 0.5) is 14.6 Å². The van der Waals surface area contributed by atoms with Gasteiger partial charge in [0.05, 0.1) is 29.8 Å². The number of halogens is 2. The van der Waals surface area contributed by atoms with Gasteiger partial charge in [0.15, 0.2) is 11.6 Å². The Hall–Kier alpha value is -4.62. The van der Waals surface area contributed by atoms with E-state index in [1.165, 1.54) is 22.9 Å². The Labute approximate surface area is 236 Å². The number of amides is 1. The van der Waals surface area contributed by atoms with E-state index in [-0.39, 0.29) is 12.1 Å². The molecule has 0 unspecified atom stereocenters. The molecule has 210 valence electrons. The summed E-state index contributed by atoms with van der Waals surface area (Å²) < 4.78 is 28.3. The lowest BCUT2D eigenvalue weighted by Gasteiger charge is -2.29. The minimum atomic E-state index is -1.00. The molecule has 41 heavy (non-hydrogen) atoms. The fourth-order valence-electron chi connectivity index (χ4n) is 4.81. The first-order chi connectivity index (χ1) is 19.8. The van der Waals surface area contributed by atoms with Gasteiger partial charge in [0, 0.05) is 17.8 Å². The number of aromatic nitrogens is 3. The number of rotatable bonds is 6. The summed E-state index contributed by atoms with van der Waals surface area (Å²) in [5.41, 5.74) is 1.98. The lowest BCUT2D eigenvalue weighted by atomic mass is 10.1. The highest BCUT2D eigenvalue weighted by Crippen LogP contribution is 2.20. The Morgan fingerprint density at radius 2 is 1.90 bits per heavy atom. The van der Waals surface area contributed by atoms with E-state index in [1.807, 2.05) is 18.2 Å². The van der Waals surface area contributed by atoms with Crippen molar-refractivity contribution >= 4 is 22.8 Å². The predicted octanol–water partition coefficient (Wildman–Crippen LogP) is 3.97. The first kappa shape index (κ1) is 27.9. The van der Waals surface area contributed by atoms with Crippen molar-refractivity contribution < 1.29 is 13.6 Å². The summed E-state index contributed by atoms with van der Waals surface area (Å²) in [6, 6.07) is 11.7. The minimum absolute atomic E-state index is 0.0212. The molecule has 1 saturated heterocycles. The van der Waals surface area contributed by atoms with Gasteiger partial charge in [-0.05, 0) is 87.9 Å². The van der Waals surface area contributed by atoms with E-state index in [0.717, 1.165) is 60.5 Å². The minimum Gasteiger partial charge on any atom is -0.366 e. The molecule has 1 fully saturated rings. The van der Waals surface area contributed by atoms with Gasteiger partial charge >= 0.3 is 0 Å². The second-order valence-electron chi connectivity index (χ2n) is 10.1. The van der Waals surface area contributed by atoms with Crippen molar-refractivity contribution in [3.05, 3.63) is 99.6 Å². The maximum Gasteiger partial charge on any atom is 0.263 e. The number of carbonyl (C=O) groups is 1. The number of anilines is 1. The molecule has 10 heteroatoms. The van der Waals surface area contributed by atoms with E-state index in [2.05, 4.69) is 39.4 Å². The maximum atomic E-state index is 13.7. The third-order valence-electron chi connectivity index (χ3n) is 7.25. The Bertz CT molecular complexity index is 1700. The monoisotopic (exact) mass is 556 g/mol. The molecule has 8 nitrogen and oxygen atoms in total. The number of pyridine rings is 1. The van der Waals surface area contributed by atoms with Crippen LogP contribution in [0.2, 0.25) is 0 Å². The van der Waals surface area contributed by atoms with Crippen molar-refractivity contribution in [2.75, 3.05) is 32.0 Å². The van der Waals surface area contributed by atoms with Gasteiger partial charge in [-0.1, -0.05) is 17.9 Å². The van der Waals surface area contributed by atoms with Crippen LogP contribution in [0.15, 0.2) is 65.7 Å². The number of piperidine rings is 1. The molecule has 1 amide bonds. The van der Waals surface area contributed by atoms with E-state index in [0.29, 0.717) is 11.6 Å². The topological polar surface area (TPSA) is 92.2 Å². The molecule has 1 atom stereocenters. The molecular weight excluding hydrogens is 526 g/mol. The molecule has 1 aliphatic heterocycles. The number of nitrogens with zero attached hydrogens (tertiary/aromatic N) is 4. The highest BCUT2D eigenvalue weighted by Gasteiger charge is 2.18. The zero-order valence-corrected chi connectivity index (χ0v) is 22.8. The smallest absolute Gasteiger partial charge is 0.263 e. The molecule has 2 aromatic carbocycles. The Morgan fingerprint density at radius 1 is 1.10 bits per heavy atom. The number of benzene rings is 2. The zero-order chi connectivity index (χ0) is 28.9. The normalized spacial score (nSPS) is 14.7. The molecule has 1 aliphatic rings. The molecule has 0 bridgehead atoms. The molecular formula is C31H30F2N6O2. The zero-order valence-electron chi connectivity index (χ0n) is 22.8. The Morgan fingerprint density at radius 3 is 2.68 bits per heavy atom. The van der Waals surface area contributed by atoms with Gasteiger partial charge in [-0.25, -0.2) is 13.8 Å². The van der Waals surface area contributed by atoms with Crippen LogP contribution >= 0.6 is 0 Å². The van der Waals surface area contributed by atoms with Crippen LogP contribution in [0.5, 0.6) is 0 Å². The van der Waals surface area contributed by atoms with Gasteiger partial charge < -0.3 is 20.1 Å². The molecule has 0 aliphatic carbocycles. The second kappa shape index (κ2) is 12.3. The number of fused-ring (bicyclic) bond motifs is 1.